The van der Waals surface area contributed by atoms with Crippen LogP contribution in [0.25, 0.3) is 0 Å². The Kier molecular flexibility index (Phi) is 4.47. The van der Waals surface area contributed by atoms with Gasteiger partial charge in [-0.3, -0.25) is 4.79 Å². The van der Waals surface area contributed by atoms with Crippen LogP contribution >= 0.6 is 0 Å². The van der Waals surface area contributed by atoms with Crippen LogP contribution in [0.1, 0.15) is 15.9 Å². The van der Waals surface area contributed by atoms with Crippen LogP contribution in [0.5, 0.6) is 11.5 Å². The van der Waals surface area contributed by atoms with E-state index in [2.05, 4.69) is 5.32 Å². The fraction of sp³-hybridized carbons (Fsp3) is 0.0500. The van der Waals surface area contributed by atoms with Crippen molar-refractivity contribution in [3.05, 3.63) is 83.9 Å². The summed E-state index contributed by atoms with van der Waals surface area (Å²) in [6, 6.07) is 22.0. The van der Waals surface area contributed by atoms with Gasteiger partial charge in [-0.25, -0.2) is 0 Å². The highest BCUT2D eigenvalue weighted by atomic mass is 16.5. The second-order valence-corrected chi connectivity index (χ2v) is 5.46. The van der Waals surface area contributed by atoms with E-state index in [0.717, 1.165) is 11.3 Å². The number of nitrogens with one attached hydrogen (secondary N) is 1. The van der Waals surface area contributed by atoms with Crippen LogP contribution in [0.4, 0.5) is 11.4 Å². The van der Waals surface area contributed by atoms with Crippen molar-refractivity contribution in [3.63, 3.8) is 0 Å². The molecule has 3 aromatic carbocycles. The third kappa shape index (κ3) is 3.73. The SMILES string of the molecule is Cc1cc(C(=O)Nc2ccc(Oc3ccccc3)cc2)ccc1N. The topological polar surface area (TPSA) is 64.3 Å². The highest BCUT2D eigenvalue weighted by molar-refractivity contribution is 6.04. The van der Waals surface area contributed by atoms with E-state index in [-0.39, 0.29) is 5.91 Å². The summed E-state index contributed by atoms with van der Waals surface area (Å²) < 4.78 is 5.73. The monoisotopic (exact) mass is 318 g/mol. The molecule has 120 valence electrons. The predicted octanol–water partition coefficient (Wildman–Crippen LogP) is 4.62. The van der Waals surface area contributed by atoms with Gasteiger partial charge in [0.15, 0.2) is 0 Å². The number of nitrogen functional groups attached to an aromatic ring is 1. The minimum Gasteiger partial charge on any atom is -0.457 e. The predicted molar refractivity (Wildman–Crippen MR) is 96.5 cm³/mol. The Balaban J connectivity index is 1.67. The Bertz CT molecular complexity index is 843. The van der Waals surface area contributed by atoms with Crippen LogP contribution < -0.4 is 15.8 Å². The minimum absolute atomic E-state index is 0.171. The molecule has 0 aliphatic rings. The molecule has 0 saturated carbocycles. The van der Waals surface area contributed by atoms with E-state index in [4.69, 9.17) is 10.5 Å². The highest BCUT2D eigenvalue weighted by Gasteiger charge is 2.07. The van der Waals surface area contributed by atoms with E-state index < -0.39 is 0 Å². The van der Waals surface area contributed by atoms with Crippen LogP contribution in [0.2, 0.25) is 0 Å². The molecule has 0 aromatic heterocycles. The van der Waals surface area contributed by atoms with Gasteiger partial charge in [0.25, 0.3) is 5.91 Å². The number of para-hydroxylation sites is 1. The van der Waals surface area contributed by atoms with Crippen molar-refractivity contribution >= 4 is 17.3 Å². The Hall–Kier alpha value is -3.27. The Labute approximate surface area is 140 Å². The smallest absolute Gasteiger partial charge is 0.255 e. The van der Waals surface area contributed by atoms with Crippen molar-refractivity contribution in [3.8, 4) is 11.5 Å². The molecule has 24 heavy (non-hydrogen) atoms. The molecule has 0 heterocycles. The number of carbonyl (C=O) groups is 1. The molecular weight excluding hydrogens is 300 g/mol. The molecule has 0 unspecified atom stereocenters. The summed E-state index contributed by atoms with van der Waals surface area (Å²) in [5.41, 5.74) is 8.61. The molecule has 3 aromatic rings. The van der Waals surface area contributed by atoms with E-state index >= 15 is 0 Å². The Morgan fingerprint density at radius 3 is 2.25 bits per heavy atom. The molecule has 0 spiro atoms. The van der Waals surface area contributed by atoms with Gasteiger partial charge in [-0.2, -0.15) is 0 Å². The average molecular weight is 318 g/mol. The number of aryl methyl sites for hydroxylation is 1. The van der Waals surface area contributed by atoms with E-state index in [1.165, 1.54) is 0 Å². The third-order valence-corrected chi connectivity index (χ3v) is 3.62. The van der Waals surface area contributed by atoms with E-state index in [0.29, 0.717) is 22.7 Å². The van der Waals surface area contributed by atoms with Crippen molar-refractivity contribution in [2.24, 2.45) is 0 Å². The van der Waals surface area contributed by atoms with E-state index in [1.807, 2.05) is 49.4 Å². The standard InChI is InChI=1S/C20H18N2O2/c1-14-13-15(7-12-19(14)21)20(23)22-16-8-10-18(11-9-16)24-17-5-3-2-4-6-17/h2-13H,21H2,1H3,(H,22,23). The largest absolute Gasteiger partial charge is 0.457 e. The number of hydrogen-bond acceptors (Lipinski definition) is 3. The number of carbonyl (C=O) groups excluding carboxylic acids is 1. The van der Waals surface area contributed by atoms with Gasteiger partial charge in [-0.1, -0.05) is 18.2 Å². The molecule has 0 aliphatic heterocycles. The fourth-order valence-corrected chi connectivity index (χ4v) is 2.25. The normalized spacial score (nSPS) is 10.2. The van der Waals surface area contributed by atoms with Gasteiger partial charge >= 0.3 is 0 Å². The number of hydrogen-bond donors (Lipinski definition) is 2. The summed E-state index contributed by atoms with van der Waals surface area (Å²) in [6.45, 7) is 1.88. The molecule has 4 heteroatoms. The maximum Gasteiger partial charge on any atom is 0.255 e. The number of ether oxygens (including phenoxy) is 1. The van der Waals surface area contributed by atoms with Gasteiger partial charge in [-0.15, -0.1) is 0 Å². The van der Waals surface area contributed by atoms with Crippen molar-refractivity contribution in [1.82, 2.24) is 0 Å². The molecule has 0 bridgehead atoms. The fourth-order valence-electron chi connectivity index (χ4n) is 2.25. The third-order valence-electron chi connectivity index (χ3n) is 3.62. The van der Waals surface area contributed by atoms with Gasteiger partial charge in [0.2, 0.25) is 0 Å². The number of nitrogens with two attached hydrogens (primary N) is 1. The molecule has 3 N–H and O–H groups in total. The number of rotatable bonds is 4. The zero-order valence-corrected chi connectivity index (χ0v) is 13.3. The maximum atomic E-state index is 12.3. The van der Waals surface area contributed by atoms with Crippen LogP contribution in [-0.4, -0.2) is 5.91 Å². The molecule has 1 amide bonds. The molecule has 0 radical (unpaired) electrons. The Morgan fingerprint density at radius 1 is 0.917 bits per heavy atom. The first-order valence-electron chi connectivity index (χ1n) is 7.62. The average Bonchev–Trinajstić information content (AvgIpc) is 2.60. The molecule has 4 nitrogen and oxygen atoms in total. The van der Waals surface area contributed by atoms with Gasteiger partial charge in [0, 0.05) is 16.9 Å². The molecule has 0 fully saturated rings. The lowest BCUT2D eigenvalue weighted by atomic mass is 10.1. The van der Waals surface area contributed by atoms with Crippen LogP contribution in [-0.2, 0) is 0 Å². The lowest BCUT2D eigenvalue weighted by Gasteiger charge is -2.09. The second-order valence-electron chi connectivity index (χ2n) is 5.46. The summed E-state index contributed by atoms with van der Waals surface area (Å²) in [5, 5.41) is 2.86. The van der Waals surface area contributed by atoms with Crippen LogP contribution in [0.3, 0.4) is 0 Å². The summed E-state index contributed by atoms with van der Waals surface area (Å²) in [5.74, 6) is 1.31. The molecule has 0 aliphatic carbocycles. The summed E-state index contributed by atoms with van der Waals surface area (Å²) >= 11 is 0. The number of amides is 1. The first-order valence-corrected chi connectivity index (χ1v) is 7.62. The summed E-state index contributed by atoms with van der Waals surface area (Å²) in [4.78, 5) is 12.3. The first-order chi connectivity index (χ1) is 11.6. The van der Waals surface area contributed by atoms with E-state index in [1.54, 1.807) is 30.3 Å². The van der Waals surface area contributed by atoms with Crippen molar-refractivity contribution in [2.75, 3.05) is 11.1 Å². The molecule has 3 rings (SSSR count). The summed E-state index contributed by atoms with van der Waals surface area (Å²) in [7, 11) is 0. The van der Waals surface area contributed by atoms with Gasteiger partial charge in [-0.05, 0) is 67.1 Å². The molecule has 0 saturated heterocycles. The minimum atomic E-state index is -0.171. The number of anilines is 2. The van der Waals surface area contributed by atoms with E-state index in [9.17, 15) is 4.79 Å². The maximum absolute atomic E-state index is 12.3. The zero-order chi connectivity index (χ0) is 16.9. The Morgan fingerprint density at radius 2 is 1.58 bits per heavy atom. The van der Waals surface area contributed by atoms with Crippen LogP contribution in [0.15, 0.2) is 72.8 Å². The lowest BCUT2D eigenvalue weighted by Crippen LogP contribution is -2.12. The molecule has 0 atom stereocenters. The van der Waals surface area contributed by atoms with Crippen LogP contribution in [0, 0.1) is 6.92 Å². The van der Waals surface area contributed by atoms with Gasteiger partial charge in [0.1, 0.15) is 11.5 Å². The van der Waals surface area contributed by atoms with Crippen molar-refractivity contribution in [1.29, 1.82) is 0 Å². The van der Waals surface area contributed by atoms with Crippen molar-refractivity contribution in [2.45, 2.75) is 6.92 Å². The van der Waals surface area contributed by atoms with Gasteiger partial charge in [0.05, 0.1) is 0 Å². The van der Waals surface area contributed by atoms with Gasteiger partial charge < -0.3 is 15.8 Å². The number of benzene rings is 3. The lowest BCUT2D eigenvalue weighted by molar-refractivity contribution is 0.102. The quantitative estimate of drug-likeness (QED) is 0.690. The van der Waals surface area contributed by atoms with Crippen molar-refractivity contribution < 1.29 is 9.53 Å². The zero-order valence-electron chi connectivity index (χ0n) is 13.3. The second kappa shape index (κ2) is 6.87. The first kappa shape index (κ1) is 15.6. The molecular formula is C20H18N2O2. The highest BCUT2D eigenvalue weighted by Crippen LogP contribution is 2.23. The summed E-state index contributed by atoms with van der Waals surface area (Å²) in [6.07, 6.45) is 0.